The van der Waals surface area contributed by atoms with Gasteiger partial charge in [-0.1, -0.05) is 17.7 Å². The maximum atomic E-state index is 12.7. The number of morpholine rings is 1. The van der Waals surface area contributed by atoms with Crippen molar-refractivity contribution >= 4 is 29.1 Å². The molecule has 2 atom stereocenters. The Labute approximate surface area is 177 Å². The van der Waals surface area contributed by atoms with Crippen LogP contribution in [0, 0.1) is 6.92 Å². The van der Waals surface area contributed by atoms with Gasteiger partial charge >= 0.3 is 0 Å². The Morgan fingerprint density at radius 3 is 2.21 bits per heavy atom. The van der Waals surface area contributed by atoms with Gasteiger partial charge in [-0.25, -0.2) is 0 Å². The minimum atomic E-state index is -0.249. The maximum absolute atomic E-state index is 12.7. The first kappa shape index (κ1) is 22.0. The normalized spacial score (nSPS) is 20.9. The highest BCUT2D eigenvalue weighted by Gasteiger charge is 2.32. The van der Waals surface area contributed by atoms with E-state index >= 15 is 0 Å². The Bertz CT molecular complexity index is 731. The lowest BCUT2D eigenvalue weighted by Crippen LogP contribution is -2.58. The van der Waals surface area contributed by atoms with Crippen LogP contribution >= 0.6 is 11.6 Å². The molecule has 8 heteroatoms. The van der Waals surface area contributed by atoms with E-state index in [-0.39, 0.29) is 23.9 Å². The number of benzene rings is 1. The lowest BCUT2D eigenvalue weighted by Gasteiger charge is -2.41. The van der Waals surface area contributed by atoms with Crippen molar-refractivity contribution in [3.63, 3.8) is 0 Å². The van der Waals surface area contributed by atoms with Crippen LogP contribution in [0.15, 0.2) is 18.2 Å². The predicted octanol–water partition coefficient (Wildman–Crippen LogP) is 1.84. The topological polar surface area (TPSA) is 65.1 Å². The minimum absolute atomic E-state index is 0.0405. The zero-order chi connectivity index (χ0) is 21.0. The van der Waals surface area contributed by atoms with Crippen LogP contribution in [0.4, 0.5) is 5.69 Å². The number of carbonyl (C=O) groups excluding carboxylic acids is 2. The van der Waals surface area contributed by atoms with E-state index in [0.29, 0.717) is 31.3 Å². The van der Waals surface area contributed by atoms with Crippen molar-refractivity contribution < 1.29 is 14.3 Å². The average molecular weight is 423 g/mol. The largest absolute Gasteiger partial charge is 0.378 e. The van der Waals surface area contributed by atoms with E-state index in [1.54, 1.807) is 6.07 Å². The van der Waals surface area contributed by atoms with E-state index in [1.807, 2.05) is 37.8 Å². The first-order chi connectivity index (χ1) is 13.9. The van der Waals surface area contributed by atoms with Crippen LogP contribution in [0.25, 0.3) is 0 Å². The molecule has 2 aliphatic heterocycles. The molecule has 2 heterocycles. The summed E-state index contributed by atoms with van der Waals surface area (Å²) in [6.45, 7) is 11.5. The summed E-state index contributed by atoms with van der Waals surface area (Å²) in [5, 5.41) is 3.59. The number of nitrogens with zero attached hydrogens (tertiary/aromatic N) is 3. The number of ether oxygens (including phenoxy) is 1. The third kappa shape index (κ3) is 5.48. The van der Waals surface area contributed by atoms with Crippen molar-refractivity contribution in [1.82, 2.24) is 14.7 Å². The Kier molecular flexibility index (Phi) is 7.51. The van der Waals surface area contributed by atoms with Crippen molar-refractivity contribution in [2.24, 2.45) is 0 Å². The van der Waals surface area contributed by atoms with Crippen molar-refractivity contribution in [1.29, 1.82) is 0 Å². The summed E-state index contributed by atoms with van der Waals surface area (Å²) in [5.41, 5.74) is 1.73. The van der Waals surface area contributed by atoms with Crippen LogP contribution < -0.4 is 5.32 Å². The van der Waals surface area contributed by atoms with Gasteiger partial charge in [0.25, 0.3) is 0 Å². The van der Waals surface area contributed by atoms with Gasteiger partial charge in [-0.05, 0) is 38.5 Å². The van der Waals surface area contributed by atoms with E-state index in [4.69, 9.17) is 16.3 Å². The van der Waals surface area contributed by atoms with Gasteiger partial charge in [0.2, 0.25) is 11.8 Å². The van der Waals surface area contributed by atoms with Crippen molar-refractivity contribution in [2.45, 2.75) is 32.9 Å². The molecule has 0 radical (unpaired) electrons. The molecule has 0 bridgehead atoms. The van der Waals surface area contributed by atoms with E-state index < -0.39 is 0 Å². The number of aryl methyl sites for hydroxylation is 1. The van der Waals surface area contributed by atoms with Crippen molar-refractivity contribution in [3.05, 3.63) is 28.8 Å². The molecule has 29 heavy (non-hydrogen) atoms. The van der Waals surface area contributed by atoms with E-state index in [2.05, 4.69) is 15.1 Å². The van der Waals surface area contributed by atoms with Crippen LogP contribution in [0.1, 0.15) is 19.4 Å². The summed E-state index contributed by atoms with van der Waals surface area (Å²) >= 11 is 6.05. The van der Waals surface area contributed by atoms with Crippen molar-refractivity contribution in [2.75, 3.05) is 57.8 Å². The van der Waals surface area contributed by atoms with Gasteiger partial charge in [0.15, 0.2) is 0 Å². The summed E-state index contributed by atoms with van der Waals surface area (Å²) in [7, 11) is 0. The number of piperazine rings is 1. The Morgan fingerprint density at radius 2 is 1.59 bits per heavy atom. The predicted molar refractivity (Wildman–Crippen MR) is 114 cm³/mol. The number of carbonyl (C=O) groups is 2. The zero-order valence-electron chi connectivity index (χ0n) is 17.5. The van der Waals surface area contributed by atoms with Gasteiger partial charge in [0.1, 0.15) is 0 Å². The lowest BCUT2D eigenvalue weighted by molar-refractivity contribution is -0.141. The Hall–Kier alpha value is -1.67. The second-order valence-corrected chi connectivity index (χ2v) is 8.25. The fraction of sp³-hybridized carbons (Fsp3) is 0.619. The molecule has 0 aromatic heterocycles. The zero-order valence-corrected chi connectivity index (χ0v) is 18.2. The quantitative estimate of drug-likeness (QED) is 0.784. The smallest absolute Gasteiger partial charge is 0.241 e. The molecule has 1 N–H and O–H groups in total. The number of rotatable bonds is 5. The highest BCUT2D eigenvalue weighted by atomic mass is 35.5. The fourth-order valence-electron chi connectivity index (χ4n) is 3.85. The van der Waals surface area contributed by atoms with Crippen LogP contribution in [-0.2, 0) is 14.3 Å². The van der Waals surface area contributed by atoms with Crippen LogP contribution in [0.3, 0.4) is 0 Å². The molecule has 0 aliphatic carbocycles. The van der Waals surface area contributed by atoms with Gasteiger partial charge in [-0.15, -0.1) is 0 Å². The summed E-state index contributed by atoms with van der Waals surface area (Å²) in [5.74, 6) is 0.130. The average Bonchev–Trinajstić information content (AvgIpc) is 2.75. The molecule has 1 aromatic carbocycles. The molecule has 2 saturated heterocycles. The molecule has 0 saturated carbocycles. The van der Waals surface area contributed by atoms with E-state index in [9.17, 15) is 9.59 Å². The first-order valence-electron chi connectivity index (χ1n) is 10.3. The summed E-state index contributed by atoms with van der Waals surface area (Å²) in [6.07, 6.45) is 0. The molecule has 1 aromatic rings. The molecule has 7 nitrogen and oxygen atoms in total. The van der Waals surface area contributed by atoms with Crippen LogP contribution in [0.2, 0.25) is 5.02 Å². The van der Waals surface area contributed by atoms with Gasteiger partial charge < -0.3 is 15.0 Å². The first-order valence-corrected chi connectivity index (χ1v) is 10.7. The molecule has 2 fully saturated rings. The third-order valence-electron chi connectivity index (χ3n) is 5.96. The molecule has 2 aliphatic rings. The standard InChI is InChI=1S/C21H31ClN4O3/c1-15-4-5-18(22)14-19(15)23-20(27)16(2)24-6-8-25(9-7-24)17(3)21(28)26-10-12-29-13-11-26/h4-5,14,16-17H,6-13H2,1-3H3,(H,23,27). The molecule has 3 rings (SSSR count). The molecular weight excluding hydrogens is 392 g/mol. The number of anilines is 1. The van der Waals surface area contributed by atoms with Gasteiger partial charge in [0.05, 0.1) is 25.3 Å². The molecule has 0 spiro atoms. The van der Waals surface area contributed by atoms with E-state index in [1.165, 1.54) is 0 Å². The van der Waals surface area contributed by atoms with Crippen molar-refractivity contribution in [3.8, 4) is 0 Å². The highest BCUT2D eigenvalue weighted by Crippen LogP contribution is 2.21. The number of amides is 2. The van der Waals surface area contributed by atoms with Gasteiger partial charge in [-0.2, -0.15) is 0 Å². The maximum Gasteiger partial charge on any atom is 0.241 e. The van der Waals surface area contributed by atoms with E-state index in [0.717, 1.165) is 37.4 Å². The Morgan fingerprint density at radius 1 is 1.00 bits per heavy atom. The monoisotopic (exact) mass is 422 g/mol. The molecular formula is C21H31ClN4O3. The third-order valence-corrected chi connectivity index (χ3v) is 6.20. The summed E-state index contributed by atoms with van der Waals surface area (Å²) in [6, 6.07) is 5.09. The number of nitrogens with one attached hydrogen (secondary N) is 1. The number of hydrogen-bond donors (Lipinski definition) is 1. The summed E-state index contributed by atoms with van der Waals surface area (Å²) in [4.78, 5) is 31.7. The molecule has 2 amide bonds. The second-order valence-electron chi connectivity index (χ2n) is 7.81. The second kappa shape index (κ2) is 9.89. The lowest BCUT2D eigenvalue weighted by atomic mass is 10.1. The van der Waals surface area contributed by atoms with Gasteiger partial charge in [0, 0.05) is 50.0 Å². The molecule has 2 unspecified atom stereocenters. The van der Waals surface area contributed by atoms with Crippen LogP contribution in [0.5, 0.6) is 0 Å². The van der Waals surface area contributed by atoms with Gasteiger partial charge in [-0.3, -0.25) is 19.4 Å². The Balaban J connectivity index is 1.50. The molecule has 160 valence electrons. The number of halogens is 1. The minimum Gasteiger partial charge on any atom is -0.378 e. The highest BCUT2D eigenvalue weighted by molar-refractivity contribution is 6.31. The fourth-order valence-corrected chi connectivity index (χ4v) is 4.02. The number of hydrogen-bond acceptors (Lipinski definition) is 5. The van der Waals surface area contributed by atoms with Crippen LogP contribution in [-0.4, -0.2) is 91.1 Å². The summed E-state index contributed by atoms with van der Waals surface area (Å²) < 4.78 is 5.33. The SMILES string of the molecule is Cc1ccc(Cl)cc1NC(=O)C(C)N1CCN(C(C)C(=O)N2CCOCC2)CC1.